The number of hydrogen-bond donors (Lipinski definition) is 0. The van der Waals surface area contributed by atoms with E-state index in [-0.39, 0.29) is 35.7 Å². The lowest BCUT2D eigenvalue weighted by atomic mass is 10.1. The molecule has 6 heteroatoms. The molecule has 0 spiro atoms. The van der Waals surface area contributed by atoms with E-state index in [9.17, 15) is 13.6 Å². The SMILES string of the molecule is CCOC(=O)Cc1nccc(CCl)c1C(F)F. The minimum Gasteiger partial charge on any atom is -0.466 e. The number of pyridine rings is 1. The van der Waals surface area contributed by atoms with E-state index in [0.717, 1.165) is 0 Å². The van der Waals surface area contributed by atoms with Crippen LogP contribution in [0.5, 0.6) is 0 Å². The minimum absolute atomic E-state index is 0.0246. The van der Waals surface area contributed by atoms with Gasteiger partial charge in [-0.15, -0.1) is 11.6 Å². The van der Waals surface area contributed by atoms with Crippen LogP contribution in [0.25, 0.3) is 0 Å². The largest absolute Gasteiger partial charge is 0.466 e. The van der Waals surface area contributed by atoms with E-state index in [1.54, 1.807) is 6.92 Å². The Morgan fingerprint density at radius 1 is 1.59 bits per heavy atom. The number of ether oxygens (including phenoxy) is 1. The molecule has 3 nitrogen and oxygen atoms in total. The maximum atomic E-state index is 12.9. The molecule has 0 atom stereocenters. The first-order chi connectivity index (χ1) is 8.10. The monoisotopic (exact) mass is 263 g/mol. The molecular formula is C11H12ClF2NO2. The number of carbonyl (C=O) groups is 1. The standard InChI is InChI=1S/C11H12ClF2NO2/c1-2-17-9(16)5-8-10(11(13)14)7(6-12)3-4-15-8/h3-4,11H,2,5-6H2,1H3. The summed E-state index contributed by atoms with van der Waals surface area (Å²) in [5.41, 5.74) is 0.0446. The van der Waals surface area contributed by atoms with E-state index in [2.05, 4.69) is 4.98 Å². The lowest BCUT2D eigenvalue weighted by Gasteiger charge is -2.11. The van der Waals surface area contributed by atoms with Crippen molar-refractivity contribution in [3.05, 3.63) is 29.1 Å². The Morgan fingerprint density at radius 2 is 2.29 bits per heavy atom. The van der Waals surface area contributed by atoms with Gasteiger partial charge in [0, 0.05) is 17.6 Å². The van der Waals surface area contributed by atoms with Gasteiger partial charge in [-0.05, 0) is 18.6 Å². The summed E-state index contributed by atoms with van der Waals surface area (Å²) in [5, 5.41) is 0. The molecule has 0 aliphatic carbocycles. The van der Waals surface area contributed by atoms with Crippen LogP contribution in [0, 0.1) is 0 Å². The predicted molar refractivity (Wildman–Crippen MR) is 59.1 cm³/mol. The van der Waals surface area contributed by atoms with Gasteiger partial charge in [0.1, 0.15) is 0 Å². The van der Waals surface area contributed by atoms with Crippen molar-refractivity contribution in [2.24, 2.45) is 0 Å². The number of nitrogens with zero attached hydrogens (tertiary/aromatic N) is 1. The summed E-state index contributed by atoms with van der Waals surface area (Å²) in [4.78, 5) is 15.0. The zero-order valence-corrected chi connectivity index (χ0v) is 10.0. The van der Waals surface area contributed by atoms with Crippen molar-refractivity contribution in [3.63, 3.8) is 0 Å². The van der Waals surface area contributed by atoms with Crippen molar-refractivity contribution in [2.45, 2.75) is 25.7 Å². The zero-order valence-electron chi connectivity index (χ0n) is 9.25. The number of esters is 1. The normalized spacial score (nSPS) is 10.6. The molecule has 17 heavy (non-hydrogen) atoms. The highest BCUT2D eigenvalue weighted by atomic mass is 35.5. The van der Waals surface area contributed by atoms with Gasteiger partial charge in [-0.3, -0.25) is 9.78 Å². The molecule has 1 heterocycles. The first-order valence-corrected chi connectivity index (χ1v) is 5.60. The Hall–Kier alpha value is -1.23. The number of hydrogen-bond acceptors (Lipinski definition) is 3. The van der Waals surface area contributed by atoms with Crippen LogP contribution in [0.2, 0.25) is 0 Å². The molecule has 0 radical (unpaired) electrons. The van der Waals surface area contributed by atoms with Crippen LogP contribution in [0.3, 0.4) is 0 Å². The third kappa shape index (κ3) is 3.63. The molecule has 0 saturated heterocycles. The maximum absolute atomic E-state index is 12.9. The van der Waals surface area contributed by atoms with Crippen molar-refractivity contribution < 1.29 is 18.3 Å². The Kier molecular flexibility index (Phi) is 5.28. The average molecular weight is 264 g/mol. The van der Waals surface area contributed by atoms with Crippen molar-refractivity contribution in [2.75, 3.05) is 6.61 Å². The molecule has 94 valence electrons. The first-order valence-electron chi connectivity index (χ1n) is 5.06. The summed E-state index contributed by atoms with van der Waals surface area (Å²) in [7, 11) is 0. The molecule has 0 aromatic carbocycles. The number of alkyl halides is 3. The van der Waals surface area contributed by atoms with Crippen molar-refractivity contribution in [3.8, 4) is 0 Å². The van der Waals surface area contributed by atoms with Crippen molar-refractivity contribution in [1.82, 2.24) is 4.98 Å². The Bertz CT molecular complexity index is 399. The zero-order chi connectivity index (χ0) is 12.8. The Morgan fingerprint density at radius 3 is 2.82 bits per heavy atom. The number of carbonyl (C=O) groups excluding carboxylic acids is 1. The highest BCUT2D eigenvalue weighted by molar-refractivity contribution is 6.17. The van der Waals surface area contributed by atoms with Crippen molar-refractivity contribution in [1.29, 1.82) is 0 Å². The minimum atomic E-state index is -2.71. The van der Waals surface area contributed by atoms with E-state index in [1.807, 2.05) is 0 Å². The van der Waals surface area contributed by atoms with Crippen LogP contribution >= 0.6 is 11.6 Å². The molecule has 1 aromatic rings. The third-order valence-electron chi connectivity index (χ3n) is 2.14. The molecular weight excluding hydrogens is 252 g/mol. The summed E-state index contributed by atoms with van der Waals surface area (Å²) in [6.07, 6.45) is -1.61. The lowest BCUT2D eigenvalue weighted by molar-refractivity contribution is -0.142. The average Bonchev–Trinajstić information content (AvgIpc) is 2.28. The highest BCUT2D eigenvalue weighted by Gasteiger charge is 2.20. The smallest absolute Gasteiger partial charge is 0.311 e. The van der Waals surface area contributed by atoms with Gasteiger partial charge < -0.3 is 4.74 Å². The van der Waals surface area contributed by atoms with Crippen LogP contribution in [-0.4, -0.2) is 17.6 Å². The third-order valence-corrected chi connectivity index (χ3v) is 2.43. The molecule has 0 saturated carbocycles. The number of halogens is 3. The molecule has 0 bridgehead atoms. The Balaban J connectivity index is 3.02. The second-order valence-electron chi connectivity index (χ2n) is 3.25. The van der Waals surface area contributed by atoms with E-state index in [0.29, 0.717) is 0 Å². The molecule has 0 aliphatic heterocycles. The molecule has 0 amide bonds. The van der Waals surface area contributed by atoms with Crippen LogP contribution in [0.15, 0.2) is 12.3 Å². The topological polar surface area (TPSA) is 39.2 Å². The molecule has 0 N–H and O–H groups in total. The highest BCUT2D eigenvalue weighted by Crippen LogP contribution is 2.27. The summed E-state index contributed by atoms with van der Waals surface area (Å²) >= 11 is 5.57. The van der Waals surface area contributed by atoms with Gasteiger partial charge in [-0.1, -0.05) is 0 Å². The number of aromatic nitrogens is 1. The maximum Gasteiger partial charge on any atom is 0.311 e. The molecule has 0 unspecified atom stereocenters. The quantitative estimate of drug-likeness (QED) is 0.606. The molecule has 1 aromatic heterocycles. The summed E-state index contributed by atoms with van der Waals surface area (Å²) in [5.74, 6) is -0.619. The Labute approximate surface area is 103 Å². The van der Waals surface area contributed by atoms with Gasteiger partial charge in [0.25, 0.3) is 6.43 Å². The van der Waals surface area contributed by atoms with Crippen LogP contribution < -0.4 is 0 Å². The predicted octanol–water partition coefficient (Wildman–Crippen LogP) is 2.86. The summed E-state index contributed by atoms with van der Waals surface area (Å²) in [6, 6.07) is 1.42. The van der Waals surface area contributed by atoms with Gasteiger partial charge in [-0.25, -0.2) is 8.78 Å². The second kappa shape index (κ2) is 6.49. The summed E-state index contributed by atoms with van der Waals surface area (Å²) < 4.78 is 30.4. The van der Waals surface area contributed by atoms with E-state index in [4.69, 9.17) is 16.3 Å². The second-order valence-corrected chi connectivity index (χ2v) is 3.51. The van der Waals surface area contributed by atoms with Gasteiger partial charge in [0.15, 0.2) is 0 Å². The lowest BCUT2D eigenvalue weighted by Crippen LogP contribution is -2.12. The molecule has 0 aliphatic rings. The van der Waals surface area contributed by atoms with Gasteiger partial charge in [-0.2, -0.15) is 0 Å². The molecule has 1 rings (SSSR count). The van der Waals surface area contributed by atoms with E-state index in [1.165, 1.54) is 12.3 Å². The fourth-order valence-electron chi connectivity index (χ4n) is 1.43. The fourth-order valence-corrected chi connectivity index (χ4v) is 1.67. The molecule has 0 fully saturated rings. The van der Waals surface area contributed by atoms with E-state index >= 15 is 0 Å². The van der Waals surface area contributed by atoms with Crippen LogP contribution in [-0.2, 0) is 21.8 Å². The van der Waals surface area contributed by atoms with Crippen LogP contribution in [0.4, 0.5) is 8.78 Å². The fraction of sp³-hybridized carbons (Fsp3) is 0.455. The van der Waals surface area contributed by atoms with Crippen LogP contribution in [0.1, 0.15) is 30.2 Å². The van der Waals surface area contributed by atoms with Gasteiger partial charge >= 0.3 is 5.97 Å². The van der Waals surface area contributed by atoms with E-state index < -0.39 is 12.4 Å². The first kappa shape index (κ1) is 13.8. The summed E-state index contributed by atoms with van der Waals surface area (Å²) in [6.45, 7) is 1.85. The van der Waals surface area contributed by atoms with Gasteiger partial charge in [0.2, 0.25) is 0 Å². The van der Waals surface area contributed by atoms with Crippen molar-refractivity contribution >= 4 is 17.6 Å². The number of rotatable bonds is 5. The van der Waals surface area contributed by atoms with Gasteiger partial charge in [0.05, 0.1) is 18.7 Å².